The van der Waals surface area contributed by atoms with Crippen LogP contribution in [0.1, 0.15) is 31.9 Å². The molecule has 1 aromatic heterocycles. The molecule has 8 heteroatoms. The lowest BCUT2D eigenvalue weighted by molar-refractivity contribution is -0.143. The van der Waals surface area contributed by atoms with Crippen molar-refractivity contribution in [3.63, 3.8) is 0 Å². The van der Waals surface area contributed by atoms with Crippen LogP contribution in [0.15, 0.2) is 30.5 Å². The molecule has 144 valence electrons. The highest BCUT2D eigenvalue weighted by Crippen LogP contribution is 2.23. The first-order valence-electron chi connectivity index (χ1n) is 9.11. The van der Waals surface area contributed by atoms with Crippen molar-refractivity contribution in [2.24, 2.45) is 5.92 Å². The molecule has 1 saturated heterocycles. The fraction of sp³-hybridized carbons (Fsp3) is 0.421. The lowest BCUT2D eigenvalue weighted by Gasteiger charge is -2.30. The van der Waals surface area contributed by atoms with E-state index in [1.165, 1.54) is 17.0 Å². The fourth-order valence-electron chi connectivity index (χ4n) is 3.32. The predicted octanol–water partition coefficient (Wildman–Crippen LogP) is 3.29. The van der Waals surface area contributed by atoms with E-state index in [0.717, 1.165) is 12.1 Å². The number of urea groups is 1. The number of anilines is 1. The summed E-state index contributed by atoms with van der Waals surface area (Å²) < 4.78 is 14.9. The van der Waals surface area contributed by atoms with E-state index < -0.39 is 11.9 Å². The minimum absolute atomic E-state index is 0.205. The van der Waals surface area contributed by atoms with Gasteiger partial charge in [0.25, 0.3) is 0 Å². The molecule has 0 bridgehead atoms. The van der Waals surface area contributed by atoms with Crippen LogP contribution in [0.4, 0.5) is 14.9 Å². The van der Waals surface area contributed by atoms with Crippen LogP contribution in [0, 0.1) is 11.7 Å². The standard InChI is InChI=1S/C19H23FN4O3/c1-2-4-17-16(11-21-24(17)15-8-6-14(20)7-9-15)22-19(27)23-10-3-5-13(12-23)18(25)26/h6-9,11,13H,2-5,10,12H2,1H3,(H,22,27)(H,25,26). The largest absolute Gasteiger partial charge is 0.481 e. The molecule has 0 spiro atoms. The summed E-state index contributed by atoms with van der Waals surface area (Å²) in [6, 6.07) is 5.68. The maximum absolute atomic E-state index is 13.2. The van der Waals surface area contributed by atoms with Crippen LogP contribution in [0.5, 0.6) is 0 Å². The van der Waals surface area contributed by atoms with Crippen molar-refractivity contribution in [1.82, 2.24) is 14.7 Å². The first-order chi connectivity index (χ1) is 13.0. The number of benzene rings is 1. The minimum Gasteiger partial charge on any atom is -0.481 e. The maximum Gasteiger partial charge on any atom is 0.321 e. The topological polar surface area (TPSA) is 87.5 Å². The molecule has 1 atom stereocenters. The third kappa shape index (κ3) is 4.27. The smallest absolute Gasteiger partial charge is 0.321 e. The van der Waals surface area contributed by atoms with Crippen LogP contribution in [0.25, 0.3) is 5.69 Å². The molecular weight excluding hydrogens is 351 g/mol. The Bertz CT molecular complexity index is 819. The lowest BCUT2D eigenvalue weighted by atomic mass is 9.99. The zero-order valence-corrected chi connectivity index (χ0v) is 15.2. The van der Waals surface area contributed by atoms with Crippen LogP contribution in [-0.2, 0) is 11.2 Å². The van der Waals surface area contributed by atoms with Gasteiger partial charge >= 0.3 is 12.0 Å². The number of nitrogens with zero attached hydrogens (tertiary/aromatic N) is 3. The average Bonchev–Trinajstić information content (AvgIpc) is 3.05. The highest BCUT2D eigenvalue weighted by molar-refractivity contribution is 5.90. The quantitative estimate of drug-likeness (QED) is 0.841. The maximum atomic E-state index is 13.2. The Morgan fingerprint density at radius 3 is 2.74 bits per heavy atom. The Labute approximate surface area is 156 Å². The molecule has 0 saturated carbocycles. The van der Waals surface area contributed by atoms with Crippen molar-refractivity contribution >= 4 is 17.7 Å². The molecule has 2 aromatic rings. The number of aromatic nitrogens is 2. The second kappa shape index (κ2) is 8.20. The highest BCUT2D eigenvalue weighted by Gasteiger charge is 2.28. The van der Waals surface area contributed by atoms with Gasteiger partial charge in [-0.2, -0.15) is 5.10 Å². The Morgan fingerprint density at radius 2 is 2.07 bits per heavy atom. The van der Waals surface area contributed by atoms with E-state index in [9.17, 15) is 19.1 Å². The molecule has 3 rings (SSSR count). The van der Waals surface area contributed by atoms with Crippen molar-refractivity contribution in [3.8, 4) is 5.69 Å². The second-order valence-corrected chi connectivity index (χ2v) is 6.70. The van der Waals surface area contributed by atoms with E-state index >= 15 is 0 Å². The fourth-order valence-corrected chi connectivity index (χ4v) is 3.32. The molecule has 7 nitrogen and oxygen atoms in total. The van der Waals surface area contributed by atoms with Crippen LogP contribution in [0.3, 0.4) is 0 Å². The van der Waals surface area contributed by atoms with Crippen LogP contribution >= 0.6 is 0 Å². The molecule has 2 heterocycles. The van der Waals surface area contributed by atoms with E-state index in [0.29, 0.717) is 37.2 Å². The summed E-state index contributed by atoms with van der Waals surface area (Å²) in [7, 11) is 0. The third-order valence-corrected chi connectivity index (χ3v) is 4.73. The van der Waals surface area contributed by atoms with Gasteiger partial charge in [0, 0.05) is 13.1 Å². The number of likely N-dealkylation sites (tertiary alicyclic amines) is 1. The first-order valence-corrected chi connectivity index (χ1v) is 9.11. The van der Waals surface area contributed by atoms with Crippen molar-refractivity contribution in [1.29, 1.82) is 0 Å². The van der Waals surface area contributed by atoms with Gasteiger partial charge in [0.2, 0.25) is 0 Å². The monoisotopic (exact) mass is 374 g/mol. The number of carboxylic acids is 1. The van der Waals surface area contributed by atoms with Crippen molar-refractivity contribution in [2.75, 3.05) is 18.4 Å². The van der Waals surface area contributed by atoms with Crippen LogP contribution in [0.2, 0.25) is 0 Å². The van der Waals surface area contributed by atoms with E-state index in [4.69, 9.17) is 0 Å². The highest BCUT2D eigenvalue weighted by atomic mass is 19.1. The number of carbonyl (C=O) groups excluding carboxylic acids is 1. The van der Waals surface area contributed by atoms with E-state index in [2.05, 4.69) is 10.4 Å². The van der Waals surface area contributed by atoms with Gasteiger partial charge in [-0.05, 0) is 43.5 Å². The summed E-state index contributed by atoms with van der Waals surface area (Å²) in [5, 5.41) is 16.4. The van der Waals surface area contributed by atoms with Gasteiger partial charge < -0.3 is 15.3 Å². The molecule has 0 radical (unpaired) electrons. The average molecular weight is 374 g/mol. The number of hydrogen-bond acceptors (Lipinski definition) is 3. The summed E-state index contributed by atoms with van der Waals surface area (Å²) >= 11 is 0. The molecule has 0 aliphatic carbocycles. The zero-order chi connectivity index (χ0) is 19.4. The number of aliphatic carboxylic acids is 1. The summed E-state index contributed by atoms with van der Waals surface area (Å²) in [4.78, 5) is 25.4. The van der Waals surface area contributed by atoms with Gasteiger partial charge in [0.15, 0.2) is 0 Å². The van der Waals surface area contributed by atoms with Crippen molar-refractivity contribution < 1.29 is 19.1 Å². The molecule has 27 heavy (non-hydrogen) atoms. The third-order valence-electron chi connectivity index (χ3n) is 4.73. The molecule has 2 amide bonds. The van der Waals surface area contributed by atoms with E-state index in [1.54, 1.807) is 23.0 Å². The minimum atomic E-state index is -0.872. The molecule has 1 aromatic carbocycles. The van der Waals surface area contributed by atoms with E-state index in [-0.39, 0.29) is 18.4 Å². The van der Waals surface area contributed by atoms with Crippen molar-refractivity contribution in [2.45, 2.75) is 32.6 Å². The predicted molar refractivity (Wildman–Crippen MR) is 98.5 cm³/mol. The second-order valence-electron chi connectivity index (χ2n) is 6.70. The number of nitrogens with one attached hydrogen (secondary N) is 1. The lowest BCUT2D eigenvalue weighted by Crippen LogP contribution is -2.44. The Kier molecular flexibility index (Phi) is 5.73. The van der Waals surface area contributed by atoms with Gasteiger partial charge in [-0.25, -0.2) is 13.9 Å². The number of carboxylic acid groups (broad SMARTS) is 1. The molecule has 1 aliphatic heterocycles. The molecule has 1 unspecified atom stereocenters. The number of amides is 2. The Balaban J connectivity index is 1.79. The Morgan fingerprint density at radius 1 is 1.33 bits per heavy atom. The normalized spacial score (nSPS) is 17.0. The summed E-state index contributed by atoms with van der Waals surface area (Å²) in [5.41, 5.74) is 2.12. The first kappa shape index (κ1) is 18.9. The SMILES string of the molecule is CCCc1c(NC(=O)N2CCCC(C(=O)O)C2)cnn1-c1ccc(F)cc1. The Hall–Kier alpha value is -2.90. The molecule has 1 aliphatic rings. The number of halogens is 1. The van der Waals surface area contributed by atoms with Crippen LogP contribution < -0.4 is 5.32 Å². The van der Waals surface area contributed by atoms with Crippen molar-refractivity contribution in [3.05, 3.63) is 42.0 Å². The number of piperidine rings is 1. The molecule has 2 N–H and O–H groups in total. The summed E-state index contributed by atoms with van der Waals surface area (Å²) in [6.07, 6.45) is 4.36. The van der Waals surface area contributed by atoms with Gasteiger partial charge in [-0.1, -0.05) is 13.3 Å². The van der Waals surface area contributed by atoms with Gasteiger partial charge in [-0.3, -0.25) is 4.79 Å². The number of hydrogen-bond donors (Lipinski definition) is 2. The zero-order valence-electron chi connectivity index (χ0n) is 15.2. The van der Waals surface area contributed by atoms with E-state index in [1.807, 2.05) is 6.92 Å². The van der Waals surface area contributed by atoms with Crippen LogP contribution in [-0.4, -0.2) is 44.9 Å². The summed E-state index contributed by atoms with van der Waals surface area (Å²) in [5.74, 6) is -1.72. The number of carbonyl (C=O) groups is 2. The van der Waals surface area contributed by atoms with Gasteiger partial charge in [-0.15, -0.1) is 0 Å². The number of rotatable bonds is 5. The van der Waals surface area contributed by atoms with Gasteiger partial charge in [0.05, 0.1) is 29.2 Å². The van der Waals surface area contributed by atoms with Gasteiger partial charge in [0.1, 0.15) is 5.82 Å². The summed E-state index contributed by atoms with van der Waals surface area (Å²) in [6.45, 7) is 2.76. The molecular formula is C19H23FN4O3. The molecule has 1 fully saturated rings.